The monoisotopic (exact) mass is 572 g/mol. The standard InChI is InChI=1S/C12H10N.2C6H7.C4H8O.Yb/c1-3-7-11(8-4-1)13-12-9-5-2-6-10-12;2*1-6-4-2-3-5-6;1-2-4-5-3-1;/h1-10H;2*2-5H,1H3;1-4H2;/q-1;;;;+3. The molecule has 2 aliphatic carbocycles. The van der Waals surface area contributed by atoms with E-state index in [-0.39, 0.29) is 46.9 Å². The summed E-state index contributed by atoms with van der Waals surface area (Å²) in [5.74, 6) is 2.69. The number of hydrogen-bond donors (Lipinski definition) is 0. The van der Waals surface area contributed by atoms with Gasteiger partial charge in [0, 0.05) is 13.2 Å². The van der Waals surface area contributed by atoms with Crippen molar-refractivity contribution in [2.45, 2.75) is 26.7 Å². The first kappa shape index (κ1) is 28.8. The molecule has 2 aromatic rings. The molecule has 0 N–H and O–H groups in total. The second-order valence-corrected chi connectivity index (χ2v) is 7.03. The number of hydrogen-bond acceptors (Lipinski definition) is 1. The van der Waals surface area contributed by atoms with Gasteiger partial charge in [0.25, 0.3) is 0 Å². The summed E-state index contributed by atoms with van der Waals surface area (Å²) >= 11 is 0. The molecule has 0 atom stereocenters. The van der Waals surface area contributed by atoms with Crippen LogP contribution in [0.2, 0.25) is 0 Å². The fourth-order valence-corrected chi connectivity index (χ4v) is 2.60. The maximum absolute atomic E-state index is 4.94. The molecule has 1 aliphatic heterocycles. The molecular weight excluding hydrogens is 539 g/mol. The van der Waals surface area contributed by atoms with Gasteiger partial charge in [-0.3, -0.25) is 0 Å². The number of rotatable bonds is 2. The Bertz CT molecular complexity index is 559. The van der Waals surface area contributed by atoms with E-state index < -0.39 is 0 Å². The normalized spacial score (nSPS) is 17.7. The first-order valence-corrected chi connectivity index (χ1v) is 10.5. The zero-order valence-corrected chi connectivity index (χ0v) is 20.1. The van der Waals surface area contributed by atoms with Crippen LogP contribution in [-0.4, -0.2) is 13.2 Å². The van der Waals surface area contributed by atoms with Gasteiger partial charge < -0.3 is 10.1 Å². The Hall–Kier alpha value is -0.281. The van der Waals surface area contributed by atoms with E-state index in [1.807, 2.05) is 86.3 Å². The molecule has 3 aliphatic rings. The SMILES string of the molecule is C1CCOC1.C[C]1[CH][CH][CH][CH]1.C[C]1[CH][CH][CH][CH]1.[Yb+3].c1ccc([N-]c2ccccc2)cc1. The van der Waals surface area contributed by atoms with Gasteiger partial charge in [0.15, 0.2) is 0 Å². The van der Waals surface area contributed by atoms with E-state index in [1.165, 1.54) is 24.7 Å². The van der Waals surface area contributed by atoms with Crippen LogP contribution in [0.1, 0.15) is 26.7 Å². The van der Waals surface area contributed by atoms with Crippen molar-refractivity contribution in [3.05, 3.63) is 129 Å². The van der Waals surface area contributed by atoms with Crippen molar-refractivity contribution in [2.24, 2.45) is 0 Å². The second kappa shape index (κ2) is 19.2. The Kier molecular flexibility index (Phi) is 17.8. The van der Waals surface area contributed by atoms with E-state index in [4.69, 9.17) is 4.74 Å². The van der Waals surface area contributed by atoms with E-state index in [1.54, 1.807) is 0 Å². The molecule has 0 spiro atoms. The van der Waals surface area contributed by atoms with Crippen LogP contribution in [0.15, 0.2) is 60.7 Å². The molecule has 167 valence electrons. The van der Waals surface area contributed by atoms with Gasteiger partial charge in [-0.05, 0) is 76.0 Å². The first-order chi connectivity index (χ1) is 14.7. The molecule has 3 fully saturated rings. The molecular formula is C28H32NOYb+2. The summed E-state index contributed by atoms with van der Waals surface area (Å²) in [5, 5.41) is 4.44. The van der Waals surface area contributed by atoms with Gasteiger partial charge in [0.1, 0.15) is 0 Å². The fourth-order valence-electron chi connectivity index (χ4n) is 2.60. The minimum absolute atomic E-state index is 0. The molecule has 0 amide bonds. The van der Waals surface area contributed by atoms with E-state index >= 15 is 0 Å². The second-order valence-electron chi connectivity index (χ2n) is 7.03. The third kappa shape index (κ3) is 15.2. The summed E-state index contributed by atoms with van der Waals surface area (Å²) in [7, 11) is 0. The predicted octanol–water partition coefficient (Wildman–Crippen LogP) is 7.64. The van der Waals surface area contributed by atoms with Crippen molar-refractivity contribution in [1.82, 2.24) is 0 Å². The number of benzene rings is 2. The summed E-state index contributed by atoms with van der Waals surface area (Å²) < 4.78 is 4.94. The predicted molar refractivity (Wildman–Crippen MR) is 128 cm³/mol. The Balaban J connectivity index is 0.000000225. The smallest absolute Gasteiger partial charge is 0.658 e. The molecule has 11 radical (unpaired) electrons. The van der Waals surface area contributed by atoms with Gasteiger partial charge in [-0.2, -0.15) is 0 Å². The molecule has 5 rings (SSSR count). The van der Waals surface area contributed by atoms with Crippen LogP contribution in [0.5, 0.6) is 0 Å². The topological polar surface area (TPSA) is 23.3 Å². The Morgan fingerprint density at radius 2 is 0.935 bits per heavy atom. The average molecular weight is 572 g/mol. The maximum Gasteiger partial charge on any atom is 3.00 e. The molecule has 3 heteroatoms. The van der Waals surface area contributed by atoms with Crippen molar-refractivity contribution in [3.8, 4) is 0 Å². The van der Waals surface area contributed by atoms with Gasteiger partial charge in [-0.25, -0.2) is 0 Å². The van der Waals surface area contributed by atoms with Crippen LogP contribution in [0.4, 0.5) is 11.4 Å². The average Bonchev–Trinajstić information content (AvgIpc) is 3.56. The van der Waals surface area contributed by atoms with Crippen LogP contribution in [0, 0.1) is 110 Å². The summed E-state index contributed by atoms with van der Waals surface area (Å²) in [6, 6.07) is 19.9. The van der Waals surface area contributed by atoms with Crippen LogP contribution < -0.4 is 0 Å². The summed E-state index contributed by atoms with van der Waals surface area (Å²) in [6.07, 6.45) is 19.0. The minimum atomic E-state index is 0. The molecule has 1 heterocycles. The van der Waals surface area contributed by atoms with Crippen molar-refractivity contribution in [3.63, 3.8) is 0 Å². The maximum atomic E-state index is 4.94. The third-order valence-electron chi connectivity index (χ3n) is 4.26. The van der Waals surface area contributed by atoms with Crippen molar-refractivity contribution in [1.29, 1.82) is 0 Å². The van der Waals surface area contributed by atoms with Crippen LogP contribution >= 0.6 is 0 Å². The van der Waals surface area contributed by atoms with Gasteiger partial charge >= 0.3 is 46.9 Å². The van der Waals surface area contributed by atoms with Crippen LogP contribution in [-0.2, 0) is 4.74 Å². The summed E-state index contributed by atoms with van der Waals surface area (Å²) in [6.45, 7) is 6.17. The first-order valence-electron chi connectivity index (χ1n) is 10.5. The van der Waals surface area contributed by atoms with Gasteiger partial charge in [-0.15, -0.1) is 11.4 Å². The van der Waals surface area contributed by atoms with Crippen molar-refractivity contribution in [2.75, 3.05) is 13.2 Å². The van der Waals surface area contributed by atoms with Crippen LogP contribution in [0.25, 0.3) is 5.32 Å². The van der Waals surface area contributed by atoms with E-state index in [2.05, 4.69) is 44.8 Å². The summed E-state index contributed by atoms with van der Waals surface area (Å²) in [4.78, 5) is 0. The van der Waals surface area contributed by atoms with E-state index in [9.17, 15) is 0 Å². The molecule has 0 unspecified atom stereocenters. The molecule has 2 saturated carbocycles. The Labute approximate surface area is 230 Å². The van der Waals surface area contributed by atoms with Crippen molar-refractivity contribution < 1.29 is 51.7 Å². The zero-order valence-electron chi connectivity index (χ0n) is 18.3. The van der Waals surface area contributed by atoms with E-state index in [0.29, 0.717) is 0 Å². The number of para-hydroxylation sites is 2. The Morgan fingerprint density at radius 3 is 1.16 bits per heavy atom. The molecule has 0 aromatic heterocycles. The molecule has 0 bridgehead atoms. The minimum Gasteiger partial charge on any atom is -0.658 e. The van der Waals surface area contributed by atoms with Gasteiger partial charge in [0.2, 0.25) is 0 Å². The van der Waals surface area contributed by atoms with Gasteiger partial charge in [-0.1, -0.05) is 74.5 Å². The van der Waals surface area contributed by atoms with Crippen molar-refractivity contribution >= 4 is 11.4 Å². The molecule has 31 heavy (non-hydrogen) atoms. The summed E-state index contributed by atoms with van der Waals surface area (Å²) in [5.41, 5.74) is 1.99. The Morgan fingerprint density at radius 1 is 0.581 bits per heavy atom. The molecule has 1 saturated heterocycles. The quantitative estimate of drug-likeness (QED) is 0.363. The third-order valence-corrected chi connectivity index (χ3v) is 4.26. The number of ether oxygens (including phenoxy) is 1. The largest absolute Gasteiger partial charge is 3.00 e. The molecule has 2 aromatic carbocycles. The van der Waals surface area contributed by atoms with Crippen LogP contribution in [0.3, 0.4) is 0 Å². The molecule has 2 nitrogen and oxygen atoms in total. The zero-order chi connectivity index (χ0) is 21.3. The number of nitrogens with zero attached hydrogens (tertiary/aromatic N) is 1. The fraction of sp³-hybridized carbons (Fsp3) is 0.214. The van der Waals surface area contributed by atoms with E-state index in [0.717, 1.165) is 24.6 Å². The van der Waals surface area contributed by atoms with Gasteiger partial charge in [0.05, 0.1) is 0 Å².